The fourth-order valence-electron chi connectivity index (χ4n) is 1.45. The van der Waals surface area contributed by atoms with Gasteiger partial charge in [-0.15, -0.1) is 0 Å². The number of halogens is 1. The Hall–Kier alpha value is -1.31. The van der Waals surface area contributed by atoms with Crippen molar-refractivity contribution in [1.29, 1.82) is 0 Å². The molecule has 5 nitrogen and oxygen atoms in total. The molecule has 0 bridgehead atoms. The minimum absolute atomic E-state index is 0.0261. The first-order valence-electron chi connectivity index (χ1n) is 5.51. The van der Waals surface area contributed by atoms with E-state index in [4.69, 9.17) is 15.8 Å². The van der Waals surface area contributed by atoms with Gasteiger partial charge in [0.2, 0.25) is 5.88 Å². The molecule has 106 valence electrons. The van der Waals surface area contributed by atoms with Crippen molar-refractivity contribution in [2.24, 2.45) is 0 Å². The molecule has 1 aromatic heterocycles. The molecule has 0 saturated heterocycles. The molecule has 0 N–H and O–H groups in total. The molecule has 0 aliphatic rings. The van der Waals surface area contributed by atoms with Gasteiger partial charge in [-0.25, -0.2) is 4.98 Å². The zero-order chi connectivity index (χ0) is 14.8. The van der Waals surface area contributed by atoms with Gasteiger partial charge in [0.15, 0.2) is 5.16 Å². The topological polar surface area (TPSA) is 69.2 Å². The number of hydrogen-bond acceptors (Lipinski definition) is 6. The first-order valence-corrected chi connectivity index (χ1v) is 8.52. The molecule has 8 heteroatoms. The first-order chi connectivity index (χ1) is 9.42. The second-order valence-electron chi connectivity index (χ2n) is 3.80. The van der Waals surface area contributed by atoms with Crippen LogP contribution in [0.3, 0.4) is 0 Å². The zero-order valence-electron chi connectivity index (χ0n) is 10.7. The highest BCUT2D eigenvalue weighted by molar-refractivity contribution is 7.98. The summed E-state index contributed by atoms with van der Waals surface area (Å²) in [6, 6.07) is 7.52. The van der Waals surface area contributed by atoms with Crippen LogP contribution in [-0.4, -0.2) is 24.6 Å². The second kappa shape index (κ2) is 5.99. The minimum atomic E-state index is -4.02. The highest BCUT2D eigenvalue weighted by atomic mass is 35.5. The summed E-state index contributed by atoms with van der Waals surface area (Å²) >= 11 is 7.17. The molecule has 2 aromatic rings. The fraction of sp³-hybridized carbons (Fsp3) is 0.167. The molecule has 20 heavy (non-hydrogen) atoms. The van der Waals surface area contributed by atoms with Crippen molar-refractivity contribution in [2.75, 3.05) is 6.26 Å². The van der Waals surface area contributed by atoms with Crippen molar-refractivity contribution in [1.82, 2.24) is 9.97 Å². The Bertz CT molecular complexity index is 735. The molecular formula is C12H11ClN2O3S2. The van der Waals surface area contributed by atoms with Crippen LogP contribution in [0.1, 0.15) is 5.69 Å². The lowest BCUT2D eigenvalue weighted by Gasteiger charge is -2.08. The number of hydrogen-bond donors (Lipinski definition) is 0. The standard InChI is InChI=1S/C12H11ClN2O3S2/c1-8-7-11(15-12(14-8)19-2)18-20(16,17)10-6-4-3-5-9(10)13/h3-7H,1-2H3. The van der Waals surface area contributed by atoms with Crippen LogP contribution in [0.25, 0.3) is 0 Å². The summed E-state index contributed by atoms with van der Waals surface area (Å²) in [5.74, 6) is -0.0261. The Kier molecular flexibility index (Phi) is 4.52. The summed E-state index contributed by atoms with van der Waals surface area (Å²) < 4.78 is 29.3. The third-order valence-corrected chi connectivity index (χ3v) is 4.57. The lowest BCUT2D eigenvalue weighted by molar-refractivity contribution is 0.471. The van der Waals surface area contributed by atoms with E-state index in [9.17, 15) is 8.42 Å². The van der Waals surface area contributed by atoms with E-state index in [1.54, 1.807) is 25.3 Å². The molecule has 0 amide bonds. The van der Waals surface area contributed by atoms with Crippen LogP contribution in [0, 0.1) is 6.92 Å². The van der Waals surface area contributed by atoms with Gasteiger partial charge in [-0.05, 0) is 25.3 Å². The van der Waals surface area contributed by atoms with E-state index in [2.05, 4.69) is 9.97 Å². The molecule has 0 aliphatic carbocycles. The first kappa shape index (κ1) is 15.1. The maximum Gasteiger partial charge on any atom is 0.342 e. The van der Waals surface area contributed by atoms with Crippen LogP contribution < -0.4 is 4.18 Å². The summed E-state index contributed by atoms with van der Waals surface area (Å²) in [5, 5.41) is 0.540. The summed E-state index contributed by atoms with van der Waals surface area (Å²) in [4.78, 5) is 8.03. The summed E-state index contributed by atoms with van der Waals surface area (Å²) in [5.41, 5.74) is 0.619. The van der Waals surface area contributed by atoms with Crippen LogP contribution in [0.4, 0.5) is 0 Å². The average Bonchev–Trinajstić information content (AvgIpc) is 2.37. The predicted octanol–water partition coefficient (Wildman–Crippen LogP) is 2.93. The SMILES string of the molecule is CSc1nc(C)cc(OS(=O)(=O)c2ccccc2Cl)n1. The van der Waals surface area contributed by atoms with Crippen LogP contribution in [0.2, 0.25) is 5.02 Å². The molecule has 1 aromatic carbocycles. The number of aromatic nitrogens is 2. The number of nitrogens with zero attached hydrogens (tertiary/aromatic N) is 2. The van der Waals surface area contributed by atoms with Crippen molar-refractivity contribution < 1.29 is 12.6 Å². The number of thioether (sulfide) groups is 1. The number of aryl methyl sites for hydroxylation is 1. The normalized spacial score (nSPS) is 11.3. The summed E-state index contributed by atoms with van der Waals surface area (Å²) in [6.45, 7) is 1.73. The fourth-order valence-corrected chi connectivity index (χ4v) is 3.24. The third-order valence-electron chi connectivity index (χ3n) is 2.29. The molecule has 0 spiro atoms. The Morgan fingerprint density at radius 3 is 2.60 bits per heavy atom. The Morgan fingerprint density at radius 1 is 1.25 bits per heavy atom. The van der Waals surface area contributed by atoms with E-state index < -0.39 is 10.1 Å². The van der Waals surface area contributed by atoms with E-state index in [0.29, 0.717) is 10.9 Å². The predicted molar refractivity (Wildman–Crippen MR) is 77.8 cm³/mol. The number of rotatable bonds is 4. The van der Waals surface area contributed by atoms with Gasteiger partial charge < -0.3 is 4.18 Å². The van der Waals surface area contributed by atoms with Gasteiger partial charge in [-0.2, -0.15) is 13.4 Å². The zero-order valence-corrected chi connectivity index (χ0v) is 13.1. The van der Waals surface area contributed by atoms with E-state index in [1.807, 2.05) is 0 Å². The monoisotopic (exact) mass is 330 g/mol. The smallest absolute Gasteiger partial charge is 0.342 e. The molecule has 0 atom stereocenters. The van der Waals surface area contributed by atoms with Crippen LogP contribution in [0.5, 0.6) is 5.88 Å². The molecule has 0 unspecified atom stereocenters. The minimum Gasteiger partial charge on any atom is -0.358 e. The molecule has 0 saturated carbocycles. The third kappa shape index (κ3) is 3.41. The van der Waals surface area contributed by atoms with E-state index >= 15 is 0 Å². The van der Waals surface area contributed by atoms with Crippen molar-refractivity contribution in [3.05, 3.63) is 41.0 Å². The molecule has 0 radical (unpaired) electrons. The molecule has 2 rings (SSSR count). The van der Waals surface area contributed by atoms with Gasteiger partial charge in [-0.1, -0.05) is 35.5 Å². The van der Waals surface area contributed by atoms with Crippen molar-refractivity contribution in [3.63, 3.8) is 0 Å². The Labute approximate surface area is 126 Å². The molecule has 0 fully saturated rings. The van der Waals surface area contributed by atoms with Gasteiger partial charge >= 0.3 is 10.1 Å². The lowest BCUT2D eigenvalue weighted by atomic mass is 10.4. The largest absolute Gasteiger partial charge is 0.358 e. The van der Waals surface area contributed by atoms with Crippen molar-refractivity contribution in [3.8, 4) is 5.88 Å². The van der Waals surface area contributed by atoms with Crippen LogP contribution in [0.15, 0.2) is 40.4 Å². The van der Waals surface area contributed by atoms with Crippen molar-refractivity contribution >= 4 is 33.5 Å². The molecular weight excluding hydrogens is 320 g/mol. The number of benzene rings is 1. The summed E-state index contributed by atoms with van der Waals surface area (Å²) in [7, 11) is -4.02. The van der Waals surface area contributed by atoms with Crippen molar-refractivity contribution in [2.45, 2.75) is 17.0 Å². The highest BCUT2D eigenvalue weighted by Crippen LogP contribution is 2.24. The van der Waals surface area contributed by atoms with Gasteiger partial charge in [0.25, 0.3) is 0 Å². The van der Waals surface area contributed by atoms with Gasteiger partial charge in [0, 0.05) is 11.8 Å². The lowest BCUT2D eigenvalue weighted by Crippen LogP contribution is -2.11. The van der Waals surface area contributed by atoms with Gasteiger partial charge in [-0.3, -0.25) is 0 Å². The highest BCUT2D eigenvalue weighted by Gasteiger charge is 2.21. The summed E-state index contributed by atoms with van der Waals surface area (Å²) in [6.07, 6.45) is 1.79. The molecule has 0 aliphatic heterocycles. The maximum absolute atomic E-state index is 12.2. The molecule has 1 heterocycles. The van der Waals surface area contributed by atoms with E-state index in [0.717, 1.165) is 0 Å². The quantitative estimate of drug-likeness (QED) is 0.487. The van der Waals surface area contributed by atoms with Gasteiger partial charge in [0.05, 0.1) is 5.02 Å². The van der Waals surface area contributed by atoms with Crippen LogP contribution in [-0.2, 0) is 10.1 Å². The van der Waals surface area contributed by atoms with Gasteiger partial charge in [0.1, 0.15) is 4.90 Å². The average molecular weight is 331 g/mol. The van der Waals surface area contributed by atoms with E-state index in [1.165, 1.54) is 30.0 Å². The maximum atomic E-state index is 12.2. The van der Waals surface area contributed by atoms with E-state index in [-0.39, 0.29) is 15.8 Å². The Balaban J connectivity index is 2.38. The Morgan fingerprint density at radius 2 is 1.95 bits per heavy atom. The second-order valence-corrected chi connectivity index (χ2v) is 6.50. The van der Waals surface area contributed by atoms with Crippen LogP contribution >= 0.6 is 23.4 Å².